The fourth-order valence-electron chi connectivity index (χ4n) is 4.26. The average molecular weight is 549 g/mol. The van der Waals surface area contributed by atoms with Gasteiger partial charge in [0, 0.05) is 6.61 Å². The van der Waals surface area contributed by atoms with Crippen molar-refractivity contribution < 1.29 is 49.3 Å². The van der Waals surface area contributed by atoms with Crippen LogP contribution in [0.3, 0.4) is 0 Å². The molecule has 38 heavy (non-hydrogen) atoms. The van der Waals surface area contributed by atoms with Crippen molar-refractivity contribution in [3.8, 4) is 0 Å². The quantitative estimate of drug-likeness (QED) is 0.0649. The summed E-state index contributed by atoms with van der Waals surface area (Å²) in [5.74, 6) is -2.40. The summed E-state index contributed by atoms with van der Waals surface area (Å²) in [4.78, 5) is 11.8. The minimum atomic E-state index is -1.53. The molecule has 10 heteroatoms. The van der Waals surface area contributed by atoms with E-state index in [2.05, 4.69) is 6.92 Å². The summed E-state index contributed by atoms with van der Waals surface area (Å²) in [5, 5.41) is 48.7. The van der Waals surface area contributed by atoms with Crippen molar-refractivity contribution in [3.05, 3.63) is 11.5 Å². The van der Waals surface area contributed by atoms with E-state index in [1.807, 2.05) is 0 Å². The van der Waals surface area contributed by atoms with Gasteiger partial charge in [-0.25, -0.2) is 4.79 Å². The highest BCUT2D eigenvalue weighted by Crippen LogP contribution is 2.27. The predicted molar refractivity (Wildman–Crippen MR) is 142 cm³/mol. The van der Waals surface area contributed by atoms with E-state index < -0.39 is 61.4 Å². The lowest BCUT2D eigenvalue weighted by Gasteiger charge is -2.29. The molecule has 3 unspecified atom stereocenters. The van der Waals surface area contributed by atoms with Crippen LogP contribution in [0.2, 0.25) is 0 Å². The Bertz CT molecular complexity index is 639. The smallest absolute Gasteiger partial charge is 0.378 e. The largest absolute Gasteiger partial charge is 0.499 e. The van der Waals surface area contributed by atoms with Crippen LogP contribution in [0.4, 0.5) is 0 Å². The van der Waals surface area contributed by atoms with E-state index in [-0.39, 0.29) is 6.61 Å². The Morgan fingerprint density at radius 1 is 0.816 bits per heavy atom. The van der Waals surface area contributed by atoms with Crippen molar-refractivity contribution in [3.63, 3.8) is 0 Å². The molecule has 0 aliphatic carbocycles. The Labute approximate surface area is 227 Å². The molecule has 0 amide bonds. The van der Waals surface area contributed by atoms with Gasteiger partial charge >= 0.3 is 5.97 Å². The van der Waals surface area contributed by atoms with Crippen LogP contribution in [0.5, 0.6) is 0 Å². The van der Waals surface area contributed by atoms with Crippen molar-refractivity contribution in [2.45, 2.75) is 134 Å². The molecule has 0 bridgehead atoms. The van der Waals surface area contributed by atoms with Gasteiger partial charge in [-0.05, 0) is 13.3 Å². The van der Waals surface area contributed by atoms with E-state index in [1.54, 1.807) is 0 Å². The summed E-state index contributed by atoms with van der Waals surface area (Å²) in [5.41, 5.74) is 0. The molecule has 0 radical (unpaired) electrons. The second-order valence-corrected chi connectivity index (χ2v) is 10.1. The Balaban J connectivity index is 2.36. The molecular weight excluding hydrogens is 496 g/mol. The van der Waals surface area contributed by atoms with Crippen LogP contribution in [-0.4, -0.2) is 88.6 Å². The highest BCUT2D eigenvalue weighted by atomic mass is 16.7. The Kier molecular flexibility index (Phi) is 19.5. The second kappa shape index (κ2) is 21.4. The van der Waals surface area contributed by atoms with Crippen molar-refractivity contribution in [2.75, 3.05) is 26.4 Å². The Morgan fingerprint density at radius 3 is 1.82 bits per heavy atom. The maximum Gasteiger partial charge on any atom is 0.378 e. The first-order valence-corrected chi connectivity index (χ1v) is 14.5. The van der Waals surface area contributed by atoms with E-state index in [9.17, 15) is 30.3 Å². The number of ether oxygens (including phenoxy) is 4. The number of esters is 1. The summed E-state index contributed by atoms with van der Waals surface area (Å²) in [6.45, 7) is 2.68. The van der Waals surface area contributed by atoms with E-state index in [0.717, 1.165) is 19.3 Å². The maximum absolute atomic E-state index is 11.8. The predicted octanol–water partition coefficient (Wildman–Crippen LogP) is 3.63. The van der Waals surface area contributed by atoms with Gasteiger partial charge in [-0.1, -0.05) is 90.4 Å². The van der Waals surface area contributed by atoms with E-state index >= 15 is 0 Å². The van der Waals surface area contributed by atoms with Gasteiger partial charge in [0.2, 0.25) is 12.0 Å². The van der Waals surface area contributed by atoms with Crippen LogP contribution in [0.25, 0.3) is 0 Å². The lowest BCUT2D eigenvalue weighted by Crippen LogP contribution is -2.41. The van der Waals surface area contributed by atoms with E-state index in [0.29, 0.717) is 6.61 Å². The maximum atomic E-state index is 11.8. The summed E-state index contributed by atoms with van der Waals surface area (Å²) < 4.78 is 21.8. The number of hydrogen-bond donors (Lipinski definition) is 5. The molecule has 1 aliphatic rings. The van der Waals surface area contributed by atoms with E-state index in [1.165, 1.54) is 77.6 Å². The average Bonchev–Trinajstić information content (AvgIpc) is 3.19. The zero-order chi connectivity index (χ0) is 28.2. The molecule has 1 heterocycles. The number of unbranched alkanes of at least 4 members (excludes halogenated alkanes) is 13. The Morgan fingerprint density at radius 2 is 1.34 bits per heavy atom. The summed E-state index contributed by atoms with van der Waals surface area (Å²) >= 11 is 0. The third kappa shape index (κ3) is 14.1. The first-order chi connectivity index (χ1) is 18.3. The van der Waals surface area contributed by atoms with Gasteiger partial charge in [0.05, 0.1) is 25.9 Å². The second-order valence-electron chi connectivity index (χ2n) is 10.1. The third-order valence-electron chi connectivity index (χ3n) is 6.51. The van der Waals surface area contributed by atoms with Crippen molar-refractivity contribution in [1.29, 1.82) is 0 Å². The van der Waals surface area contributed by atoms with Crippen molar-refractivity contribution >= 4 is 5.97 Å². The number of rotatable bonds is 25. The topological polar surface area (TPSA) is 155 Å². The molecule has 10 nitrogen and oxygen atoms in total. The molecule has 1 aliphatic heterocycles. The molecule has 5 atom stereocenters. The van der Waals surface area contributed by atoms with Gasteiger partial charge in [0.15, 0.2) is 11.9 Å². The minimum absolute atomic E-state index is 0.167. The molecule has 5 N–H and O–H groups in total. The fourth-order valence-corrected chi connectivity index (χ4v) is 4.26. The van der Waals surface area contributed by atoms with Crippen LogP contribution in [0.1, 0.15) is 104 Å². The van der Waals surface area contributed by atoms with Gasteiger partial charge in [-0.2, -0.15) is 0 Å². The summed E-state index contributed by atoms with van der Waals surface area (Å²) in [6.07, 6.45) is 11.2. The highest BCUT2D eigenvalue weighted by molar-refractivity contribution is 5.89. The van der Waals surface area contributed by atoms with Crippen LogP contribution in [0.15, 0.2) is 11.5 Å². The molecule has 0 spiro atoms. The normalized spacial score (nSPS) is 18.9. The van der Waals surface area contributed by atoms with Crippen molar-refractivity contribution in [2.24, 2.45) is 0 Å². The molecule has 1 rings (SSSR count). The van der Waals surface area contributed by atoms with Gasteiger partial charge < -0.3 is 44.5 Å². The summed E-state index contributed by atoms with van der Waals surface area (Å²) in [7, 11) is 0. The van der Waals surface area contributed by atoms with Gasteiger partial charge in [-0.3, -0.25) is 0 Å². The van der Waals surface area contributed by atoms with Gasteiger partial charge in [0.25, 0.3) is 0 Å². The van der Waals surface area contributed by atoms with Crippen molar-refractivity contribution in [1.82, 2.24) is 0 Å². The monoisotopic (exact) mass is 548 g/mol. The number of carbonyl (C=O) groups is 1. The Hall–Kier alpha value is -1.43. The number of aliphatic hydroxyl groups excluding tert-OH is 5. The zero-order valence-electron chi connectivity index (χ0n) is 23.4. The standard InChI is InChI=1S/C28H52O10/c1-3-4-5-6-7-8-9-10-11-12-13-14-15-16-17-35-23(19-30)28(36-20-21(2)31)38-26-24(33)27(34)37-25(26)22(32)18-29/h21-23,25,28-33H,3-20H2,1-2H3/t21?,22-,23?,25+,28?/m0/s1. The van der Waals surface area contributed by atoms with Gasteiger partial charge in [-0.15, -0.1) is 0 Å². The molecule has 0 saturated carbocycles. The first kappa shape index (κ1) is 34.6. The van der Waals surface area contributed by atoms with Crippen LogP contribution < -0.4 is 0 Å². The summed E-state index contributed by atoms with van der Waals surface area (Å²) in [6, 6.07) is 0. The molecular formula is C28H52O10. The molecule has 0 aromatic rings. The lowest BCUT2D eigenvalue weighted by molar-refractivity contribution is -0.214. The number of cyclic esters (lactones) is 1. The molecule has 224 valence electrons. The third-order valence-corrected chi connectivity index (χ3v) is 6.51. The van der Waals surface area contributed by atoms with E-state index in [4.69, 9.17) is 18.9 Å². The van der Waals surface area contributed by atoms with Crippen LogP contribution in [0, 0.1) is 0 Å². The molecule has 0 aromatic carbocycles. The minimum Gasteiger partial charge on any atom is -0.499 e. The number of carbonyl (C=O) groups excluding carboxylic acids is 1. The number of aliphatic hydroxyl groups is 5. The lowest BCUT2D eigenvalue weighted by atomic mass is 10.0. The zero-order valence-corrected chi connectivity index (χ0v) is 23.4. The highest BCUT2D eigenvalue weighted by Gasteiger charge is 2.43. The fraction of sp³-hybridized carbons (Fsp3) is 0.893. The first-order valence-electron chi connectivity index (χ1n) is 14.5. The van der Waals surface area contributed by atoms with Crippen LogP contribution >= 0.6 is 0 Å². The molecule has 0 fully saturated rings. The molecule has 0 aromatic heterocycles. The number of hydrogen-bond acceptors (Lipinski definition) is 10. The van der Waals surface area contributed by atoms with Crippen LogP contribution in [-0.2, 0) is 23.7 Å². The molecule has 0 saturated heterocycles. The SMILES string of the molecule is CCCCCCCCCCCCCCCCOC(CO)C(OCC(C)O)OC1=C(O)C(=O)O[C@@H]1[C@@H](O)CO. The van der Waals surface area contributed by atoms with Gasteiger partial charge in [0.1, 0.15) is 12.2 Å².